The average Bonchev–Trinajstić information content (AvgIpc) is 3.06. The van der Waals surface area contributed by atoms with E-state index >= 15 is 0 Å². The standard InChI is InChI=1S/C17H22N4O4S/c1-16(2,3)19-14(24)18-12(22)9-21-13(23)17(20-15(21)25)7-4-5-11-10(17)6-8-26-11/h6,8H,4-5,7,9H2,1-3H3,(H,20,25)(H2,18,19,22,24)/t17-/m1/s1. The molecule has 1 aliphatic heterocycles. The van der Waals surface area contributed by atoms with Crippen molar-refractivity contribution in [1.29, 1.82) is 0 Å². The van der Waals surface area contributed by atoms with Gasteiger partial charge in [0.05, 0.1) is 0 Å². The molecule has 0 radical (unpaired) electrons. The zero-order valence-electron chi connectivity index (χ0n) is 15.0. The van der Waals surface area contributed by atoms with Crippen LogP contribution < -0.4 is 16.0 Å². The maximum atomic E-state index is 13.0. The highest BCUT2D eigenvalue weighted by molar-refractivity contribution is 7.10. The molecule has 3 N–H and O–H groups in total. The van der Waals surface area contributed by atoms with Crippen LogP contribution in [0.5, 0.6) is 0 Å². The number of imide groups is 2. The number of hydrogen-bond acceptors (Lipinski definition) is 5. The van der Waals surface area contributed by atoms with Gasteiger partial charge in [-0.2, -0.15) is 0 Å². The van der Waals surface area contributed by atoms with Gasteiger partial charge >= 0.3 is 12.1 Å². The van der Waals surface area contributed by atoms with Crippen molar-refractivity contribution in [1.82, 2.24) is 20.9 Å². The zero-order valence-corrected chi connectivity index (χ0v) is 15.8. The number of amides is 6. The van der Waals surface area contributed by atoms with Crippen LogP contribution in [0.25, 0.3) is 0 Å². The van der Waals surface area contributed by atoms with Crippen LogP contribution in [-0.2, 0) is 21.5 Å². The fourth-order valence-electron chi connectivity index (χ4n) is 3.37. The van der Waals surface area contributed by atoms with E-state index in [0.29, 0.717) is 6.42 Å². The first-order valence-corrected chi connectivity index (χ1v) is 9.33. The van der Waals surface area contributed by atoms with Crippen LogP contribution in [0.2, 0.25) is 0 Å². The van der Waals surface area contributed by atoms with Crippen LogP contribution in [0.15, 0.2) is 11.4 Å². The molecule has 2 heterocycles. The Balaban J connectivity index is 1.71. The Labute approximate surface area is 155 Å². The summed E-state index contributed by atoms with van der Waals surface area (Å²) in [5.74, 6) is -1.15. The number of aryl methyl sites for hydroxylation is 1. The zero-order chi connectivity index (χ0) is 19.1. The van der Waals surface area contributed by atoms with Crippen LogP contribution in [0, 0.1) is 0 Å². The third-order valence-electron chi connectivity index (χ3n) is 4.38. The molecule has 2 aliphatic rings. The molecule has 1 saturated heterocycles. The first-order valence-electron chi connectivity index (χ1n) is 8.45. The summed E-state index contributed by atoms with van der Waals surface area (Å²) in [6, 6.07) is 0.583. The number of fused-ring (bicyclic) bond motifs is 2. The molecule has 26 heavy (non-hydrogen) atoms. The molecule has 140 valence electrons. The maximum absolute atomic E-state index is 13.0. The summed E-state index contributed by atoms with van der Waals surface area (Å²) in [7, 11) is 0. The van der Waals surface area contributed by atoms with Gasteiger partial charge in [0.1, 0.15) is 12.1 Å². The number of urea groups is 2. The van der Waals surface area contributed by atoms with Crippen LogP contribution in [0.4, 0.5) is 9.59 Å². The Morgan fingerprint density at radius 1 is 1.35 bits per heavy atom. The molecule has 1 aliphatic carbocycles. The van der Waals surface area contributed by atoms with Gasteiger partial charge in [-0.15, -0.1) is 11.3 Å². The van der Waals surface area contributed by atoms with E-state index in [-0.39, 0.29) is 0 Å². The fourth-order valence-corrected chi connectivity index (χ4v) is 4.37. The molecule has 6 amide bonds. The molecular weight excluding hydrogens is 356 g/mol. The molecule has 1 atom stereocenters. The molecule has 1 aromatic rings. The largest absolute Gasteiger partial charge is 0.333 e. The Hall–Kier alpha value is -2.42. The van der Waals surface area contributed by atoms with Crippen molar-refractivity contribution in [3.8, 4) is 0 Å². The second-order valence-corrected chi connectivity index (χ2v) is 8.59. The van der Waals surface area contributed by atoms with Crippen molar-refractivity contribution in [3.05, 3.63) is 21.9 Å². The topological polar surface area (TPSA) is 108 Å². The van der Waals surface area contributed by atoms with Gasteiger partial charge in [0.25, 0.3) is 5.91 Å². The summed E-state index contributed by atoms with van der Waals surface area (Å²) < 4.78 is 0. The van der Waals surface area contributed by atoms with Crippen molar-refractivity contribution < 1.29 is 19.2 Å². The van der Waals surface area contributed by atoms with E-state index < -0.39 is 41.5 Å². The number of nitrogens with one attached hydrogen (secondary N) is 3. The van der Waals surface area contributed by atoms with Crippen LogP contribution in [-0.4, -0.2) is 40.9 Å². The average molecular weight is 378 g/mol. The lowest BCUT2D eigenvalue weighted by Gasteiger charge is -2.31. The van der Waals surface area contributed by atoms with Crippen LogP contribution >= 0.6 is 11.3 Å². The first kappa shape index (κ1) is 18.4. The van der Waals surface area contributed by atoms with Gasteiger partial charge in [-0.3, -0.25) is 19.8 Å². The van der Waals surface area contributed by atoms with Gasteiger partial charge < -0.3 is 10.6 Å². The maximum Gasteiger partial charge on any atom is 0.325 e. The number of thiophene rings is 1. The molecule has 1 aromatic heterocycles. The SMILES string of the molecule is CC(C)(C)NC(=O)NC(=O)CN1C(=O)N[C@@]2(CCCc3sccc32)C1=O. The van der Waals surface area contributed by atoms with Crippen LogP contribution in [0.1, 0.15) is 44.1 Å². The second kappa shape index (κ2) is 6.39. The minimum atomic E-state index is -1.08. The predicted molar refractivity (Wildman–Crippen MR) is 95.6 cm³/mol. The summed E-state index contributed by atoms with van der Waals surface area (Å²) in [6.45, 7) is 4.84. The summed E-state index contributed by atoms with van der Waals surface area (Å²) in [5.41, 5.74) is -0.772. The Bertz CT molecular complexity index is 782. The summed E-state index contributed by atoms with van der Waals surface area (Å²) in [5, 5.41) is 9.42. The van der Waals surface area contributed by atoms with E-state index in [0.717, 1.165) is 28.2 Å². The molecule has 1 spiro atoms. The van der Waals surface area contributed by atoms with Gasteiger partial charge in [-0.1, -0.05) is 0 Å². The van der Waals surface area contributed by atoms with Crippen molar-refractivity contribution in [3.63, 3.8) is 0 Å². The third kappa shape index (κ3) is 3.31. The van der Waals surface area contributed by atoms with E-state index in [1.54, 1.807) is 32.1 Å². The monoisotopic (exact) mass is 378 g/mol. The molecule has 3 rings (SSSR count). The fraction of sp³-hybridized carbons (Fsp3) is 0.529. The smallest absolute Gasteiger partial charge is 0.325 e. The number of carbonyl (C=O) groups is 4. The molecule has 0 unspecified atom stereocenters. The van der Waals surface area contributed by atoms with Gasteiger partial charge in [0, 0.05) is 16.0 Å². The van der Waals surface area contributed by atoms with Gasteiger partial charge in [0.2, 0.25) is 5.91 Å². The normalized spacial score (nSPS) is 22.2. The van der Waals surface area contributed by atoms with E-state index in [4.69, 9.17) is 0 Å². The summed E-state index contributed by atoms with van der Waals surface area (Å²) in [6.07, 6.45) is 2.17. The Kier molecular flexibility index (Phi) is 4.51. The van der Waals surface area contributed by atoms with Crippen molar-refractivity contribution >= 4 is 35.2 Å². The van der Waals surface area contributed by atoms with Crippen LogP contribution in [0.3, 0.4) is 0 Å². The molecular formula is C17H22N4O4S. The highest BCUT2D eigenvalue weighted by Gasteiger charge is 2.54. The molecule has 1 fully saturated rings. The molecule has 0 aromatic carbocycles. The molecule has 8 nitrogen and oxygen atoms in total. The van der Waals surface area contributed by atoms with Crippen molar-refractivity contribution in [2.75, 3.05) is 6.54 Å². The highest BCUT2D eigenvalue weighted by atomic mass is 32.1. The van der Waals surface area contributed by atoms with Crippen molar-refractivity contribution in [2.45, 2.75) is 51.1 Å². The Morgan fingerprint density at radius 2 is 2.08 bits per heavy atom. The Morgan fingerprint density at radius 3 is 2.77 bits per heavy atom. The molecule has 0 bridgehead atoms. The van der Waals surface area contributed by atoms with E-state index in [9.17, 15) is 19.2 Å². The molecule has 9 heteroatoms. The number of carbonyl (C=O) groups excluding carboxylic acids is 4. The number of rotatable bonds is 2. The third-order valence-corrected chi connectivity index (χ3v) is 5.36. The quantitative estimate of drug-likeness (QED) is 0.677. The predicted octanol–water partition coefficient (Wildman–Crippen LogP) is 1.46. The summed E-state index contributed by atoms with van der Waals surface area (Å²) >= 11 is 1.56. The van der Waals surface area contributed by atoms with Crippen molar-refractivity contribution in [2.24, 2.45) is 0 Å². The van der Waals surface area contributed by atoms with E-state index in [1.165, 1.54) is 0 Å². The molecule has 0 saturated carbocycles. The number of nitrogens with zero attached hydrogens (tertiary/aromatic N) is 1. The highest BCUT2D eigenvalue weighted by Crippen LogP contribution is 2.41. The lowest BCUT2D eigenvalue weighted by molar-refractivity contribution is -0.135. The van der Waals surface area contributed by atoms with Gasteiger partial charge in [-0.05, 0) is 51.5 Å². The second-order valence-electron chi connectivity index (χ2n) is 7.59. The van der Waals surface area contributed by atoms with Gasteiger partial charge in [0.15, 0.2) is 0 Å². The van der Waals surface area contributed by atoms with E-state index in [2.05, 4.69) is 16.0 Å². The minimum absolute atomic E-state index is 0.437. The number of hydrogen-bond donors (Lipinski definition) is 3. The lowest BCUT2D eigenvalue weighted by atomic mass is 9.80. The summed E-state index contributed by atoms with van der Waals surface area (Å²) in [4.78, 5) is 51.2. The lowest BCUT2D eigenvalue weighted by Crippen LogP contribution is -2.51. The van der Waals surface area contributed by atoms with E-state index in [1.807, 2.05) is 11.4 Å². The minimum Gasteiger partial charge on any atom is -0.333 e. The first-order chi connectivity index (χ1) is 12.1. The van der Waals surface area contributed by atoms with Gasteiger partial charge in [-0.25, -0.2) is 9.59 Å².